The molecule has 5 nitrogen and oxygen atoms in total. The quantitative estimate of drug-likeness (QED) is 0.798. The summed E-state index contributed by atoms with van der Waals surface area (Å²) in [5.74, 6) is 0.386. The molecule has 1 unspecified atom stereocenters. The van der Waals surface area contributed by atoms with Crippen LogP contribution in [0.5, 0.6) is 0 Å². The Balaban J connectivity index is 1.61. The molecule has 1 heterocycles. The molecular weight excluding hydrogens is 298 g/mol. The molecule has 7 heteroatoms. The highest BCUT2D eigenvalue weighted by molar-refractivity contribution is 8.02. The van der Waals surface area contributed by atoms with Crippen molar-refractivity contribution in [2.45, 2.75) is 18.3 Å². The van der Waals surface area contributed by atoms with Gasteiger partial charge in [0.25, 0.3) is 5.91 Å². The molecular formula is C13H17NO4S2. The Morgan fingerprint density at radius 2 is 2.10 bits per heavy atom. The highest BCUT2D eigenvalue weighted by atomic mass is 32.2. The van der Waals surface area contributed by atoms with Crippen LogP contribution in [0.15, 0.2) is 30.3 Å². The number of carbonyl (C=O) groups is 1. The van der Waals surface area contributed by atoms with Gasteiger partial charge in [0.1, 0.15) is 0 Å². The molecule has 1 N–H and O–H groups in total. The number of thioether (sulfide) groups is 1. The second kappa shape index (κ2) is 7.10. The van der Waals surface area contributed by atoms with Gasteiger partial charge in [-0.25, -0.2) is 13.9 Å². The molecule has 110 valence electrons. The number of hydroxylamine groups is 1. The van der Waals surface area contributed by atoms with E-state index in [0.717, 1.165) is 5.56 Å². The van der Waals surface area contributed by atoms with Gasteiger partial charge in [-0.1, -0.05) is 30.3 Å². The third-order valence-corrected chi connectivity index (χ3v) is 6.19. The fourth-order valence-corrected chi connectivity index (χ4v) is 5.32. The van der Waals surface area contributed by atoms with Gasteiger partial charge >= 0.3 is 0 Å². The topological polar surface area (TPSA) is 72.5 Å². The van der Waals surface area contributed by atoms with Gasteiger partial charge in [-0.2, -0.15) is 0 Å². The van der Waals surface area contributed by atoms with Crippen molar-refractivity contribution in [2.24, 2.45) is 0 Å². The Bertz CT molecular complexity index is 545. The summed E-state index contributed by atoms with van der Waals surface area (Å²) in [6.45, 7) is 0.315. The molecule has 0 radical (unpaired) electrons. The number of rotatable bonds is 6. The van der Waals surface area contributed by atoms with E-state index in [0.29, 0.717) is 13.0 Å². The second-order valence-electron chi connectivity index (χ2n) is 4.64. The lowest BCUT2D eigenvalue weighted by molar-refractivity contribution is -0.131. The predicted molar refractivity (Wildman–Crippen MR) is 78.9 cm³/mol. The maximum absolute atomic E-state index is 11.5. The average Bonchev–Trinajstić information content (AvgIpc) is 2.77. The molecule has 1 atom stereocenters. The fourth-order valence-electron chi connectivity index (χ4n) is 1.89. The van der Waals surface area contributed by atoms with Gasteiger partial charge in [-0.3, -0.25) is 9.63 Å². The number of amides is 1. The zero-order valence-electron chi connectivity index (χ0n) is 10.9. The van der Waals surface area contributed by atoms with Crippen molar-refractivity contribution >= 4 is 27.5 Å². The summed E-state index contributed by atoms with van der Waals surface area (Å²) in [6.07, 6.45) is 0.630. The summed E-state index contributed by atoms with van der Waals surface area (Å²) in [5, 5.41) is 0.0277. The van der Waals surface area contributed by atoms with Crippen molar-refractivity contribution in [1.82, 2.24) is 5.48 Å². The van der Waals surface area contributed by atoms with E-state index < -0.39 is 9.84 Å². The first-order valence-corrected chi connectivity index (χ1v) is 9.19. The SMILES string of the molecule is O=C(CSC1CCS(=O)(=O)C1)NOCc1ccccc1. The van der Waals surface area contributed by atoms with Gasteiger partial charge in [0, 0.05) is 5.25 Å². The zero-order chi connectivity index (χ0) is 14.4. The molecule has 1 aromatic rings. The lowest BCUT2D eigenvalue weighted by Gasteiger charge is -2.08. The van der Waals surface area contributed by atoms with Crippen LogP contribution in [0.4, 0.5) is 0 Å². The van der Waals surface area contributed by atoms with Crippen LogP contribution in [0, 0.1) is 0 Å². The number of benzene rings is 1. The van der Waals surface area contributed by atoms with E-state index in [-0.39, 0.29) is 28.4 Å². The molecule has 1 saturated heterocycles. The molecule has 0 bridgehead atoms. The van der Waals surface area contributed by atoms with Gasteiger partial charge in [0.15, 0.2) is 9.84 Å². The standard InChI is InChI=1S/C13H17NO4S2/c15-13(9-19-12-6-7-20(16,17)10-12)14-18-8-11-4-2-1-3-5-11/h1-5,12H,6-10H2,(H,14,15). The number of nitrogens with one attached hydrogen (secondary N) is 1. The normalized spacial score (nSPS) is 20.7. The fraction of sp³-hybridized carbons (Fsp3) is 0.462. The summed E-state index contributed by atoms with van der Waals surface area (Å²) in [4.78, 5) is 16.7. The minimum atomic E-state index is -2.88. The molecule has 20 heavy (non-hydrogen) atoms. The van der Waals surface area contributed by atoms with E-state index in [4.69, 9.17) is 4.84 Å². The maximum atomic E-state index is 11.5. The van der Waals surface area contributed by atoms with E-state index in [1.807, 2.05) is 30.3 Å². The van der Waals surface area contributed by atoms with Crippen molar-refractivity contribution in [3.05, 3.63) is 35.9 Å². The predicted octanol–water partition coefficient (Wildman–Crippen LogP) is 1.15. The smallest absolute Gasteiger partial charge is 0.253 e. The van der Waals surface area contributed by atoms with Crippen molar-refractivity contribution in [1.29, 1.82) is 0 Å². The number of sulfone groups is 1. The molecule has 0 saturated carbocycles. The number of hydrogen-bond donors (Lipinski definition) is 1. The van der Waals surface area contributed by atoms with Crippen LogP contribution >= 0.6 is 11.8 Å². The van der Waals surface area contributed by atoms with E-state index in [2.05, 4.69) is 5.48 Å². The highest BCUT2D eigenvalue weighted by Gasteiger charge is 2.28. The van der Waals surface area contributed by atoms with Crippen LogP contribution < -0.4 is 5.48 Å². The van der Waals surface area contributed by atoms with Crippen molar-refractivity contribution in [2.75, 3.05) is 17.3 Å². The number of hydrogen-bond acceptors (Lipinski definition) is 5. The molecule has 0 aliphatic carbocycles. The van der Waals surface area contributed by atoms with E-state index in [9.17, 15) is 13.2 Å². The van der Waals surface area contributed by atoms with Gasteiger partial charge in [0.2, 0.25) is 0 Å². The van der Waals surface area contributed by atoms with Gasteiger partial charge < -0.3 is 0 Å². The summed E-state index contributed by atoms with van der Waals surface area (Å²) in [5.41, 5.74) is 3.34. The van der Waals surface area contributed by atoms with Crippen molar-refractivity contribution in [3.8, 4) is 0 Å². The Hall–Kier alpha value is -1.05. The third-order valence-electron chi connectivity index (χ3n) is 2.91. The van der Waals surface area contributed by atoms with Crippen LogP contribution in [0.25, 0.3) is 0 Å². The average molecular weight is 315 g/mol. The van der Waals surface area contributed by atoms with Crippen LogP contribution in [0.1, 0.15) is 12.0 Å². The second-order valence-corrected chi connectivity index (χ2v) is 8.15. The van der Waals surface area contributed by atoms with Crippen LogP contribution in [-0.2, 0) is 26.1 Å². The Morgan fingerprint density at radius 1 is 1.35 bits per heavy atom. The maximum Gasteiger partial charge on any atom is 0.253 e. The van der Waals surface area contributed by atoms with Gasteiger partial charge in [-0.15, -0.1) is 11.8 Å². The first-order chi connectivity index (χ1) is 9.55. The van der Waals surface area contributed by atoms with Gasteiger partial charge in [-0.05, 0) is 12.0 Å². The third kappa shape index (κ3) is 5.15. The van der Waals surface area contributed by atoms with E-state index in [1.54, 1.807) is 0 Å². The Kier molecular flexibility index (Phi) is 5.45. The lowest BCUT2D eigenvalue weighted by atomic mass is 10.2. The van der Waals surface area contributed by atoms with E-state index >= 15 is 0 Å². The monoisotopic (exact) mass is 315 g/mol. The minimum Gasteiger partial charge on any atom is -0.272 e. The van der Waals surface area contributed by atoms with Gasteiger partial charge in [0.05, 0.1) is 23.9 Å². The molecule has 0 aromatic heterocycles. The largest absolute Gasteiger partial charge is 0.272 e. The minimum absolute atomic E-state index is 0.0277. The summed E-state index contributed by atoms with van der Waals surface area (Å²) in [6, 6.07) is 9.52. The first-order valence-electron chi connectivity index (χ1n) is 6.32. The Labute approximate surface area is 123 Å². The summed E-state index contributed by atoms with van der Waals surface area (Å²) in [7, 11) is -2.88. The van der Waals surface area contributed by atoms with E-state index in [1.165, 1.54) is 11.8 Å². The Morgan fingerprint density at radius 3 is 2.75 bits per heavy atom. The lowest BCUT2D eigenvalue weighted by Crippen LogP contribution is -2.26. The summed E-state index contributed by atoms with van der Waals surface area (Å²) < 4.78 is 22.6. The molecule has 0 spiro atoms. The molecule has 1 aliphatic rings. The molecule has 1 fully saturated rings. The molecule has 1 aliphatic heterocycles. The van der Waals surface area contributed by atoms with Crippen LogP contribution in [-0.4, -0.2) is 36.8 Å². The molecule has 1 amide bonds. The summed E-state index contributed by atoms with van der Waals surface area (Å²) >= 11 is 1.37. The van der Waals surface area contributed by atoms with Crippen LogP contribution in [0.3, 0.4) is 0 Å². The zero-order valence-corrected chi connectivity index (χ0v) is 12.6. The van der Waals surface area contributed by atoms with Crippen molar-refractivity contribution < 1.29 is 18.0 Å². The number of carbonyl (C=O) groups excluding carboxylic acids is 1. The van der Waals surface area contributed by atoms with Crippen molar-refractivity contribution in [3.63, 3.8) is 0 Å². The first kappa shape index (κ1) is 15.3. The van der Waals surface area contributed by atoms with Crippen LogP contribution in [0.2, 0.25) is 0 Å². The highest BCUT2D eigenvalue weighted by Crippen LogP contribution is 2.23. The molecule has 1 aromatic carbocycles. The molecule has 2 rings (SSSR count).